The molecule has 0 saturated carbocycles. The molecule has 5 nitrogen and oxygen atoms in total. The number of hydrogen-bond donors (Lipinski definition) is 2. The molecule has 7 heteroatoms. The molecule has 1 aliphatic heterocycles. The zero-order valence-corrected chi connectivity index (χ0v) is 14.2. The van der Waals surface area contributed by atoms with E-state index >= 15 is 0 Å². The Morgan fingerprint density at radius 2 is 2.14 bits per heavy atom. The molecule has 122 valence electrons. The van der Waals surface area contributed by atoms with Gasteiger partial charge in [0.2, 0.25) is 11.8 Å². The van der Waals surface area contributed by atoms with Crippen LogP contribution in [0, 0.1) is 11.8 Å². The number of carbonyl (C=O) groups excluding carboxylic acids is 2. The molecular weight excluding hydrogens is 325 g/mol. The highest BCUT2D eigenvalue weighted by Gasteiger charge is 2.30. The molecule has 2 rings (SSSR count). The second-order valence-corrected chi connectivity index (χ2v) is 5.90. The van der Waals surface area contributed by atoms with E-state index in [1.54, 1.807) is 31.3 Å². The predicted molar refractivity (Wildman–Crippen MR) is 90.5 cm³/mol. The van der Waals surface area contributed by atoms with Crippen LogP contribution in [0.1, 0.15) is 6.92 Å². The Hall–Kier alpha value is -1.30. The monoisotopic (exact) mass is 345 g/mol. The summed E-state index contributed by atoms with van der Waals surface area (Å²) in [7, 11) is 1.66. The van der Waals surface area contributed by atoms with Crippen molar-refractivity contribution in [2.45, 2.75) is 6.92 Å². The van der Waals surface area contributed by atoms with Crippen LogP contribution in [-0.2, 0) is 9.59 Å². The third kappa shape index (κ3) is 4.87. The highest BCUT2D eigenvalue weighted by atomic mass is 35.5. The fourth-order valence-corrected chi connectivity index (χ4v) is 2.46. The molecule has 1 saturated heterocycles. The van der Waals surface area contributed by atoms with Gasteiger partial charge in [-0.3, -0.25) is 9.59 Å². The molecule has 1 aromatic rings. The summed E-state index contributed by atoms with van der Waals surface area (Å²) in [5.41, 5.74) is 0.629. The Morgan fingerprint density at radius 3 is 2.68 bits per heavy atom. The molecule has 1 aliphatic rings. The molecular formula is C15H21Cl2N3O2. The number of hydrogen-bond acceptors (Lipinski definition) is 3. The van der Waals surface area contributed by atoms with Crippen molar-refractivity contribution >= 4 is 41.5 Å². The van der Waals surface area contributed by atoms with Crippen LogP contribution in [0.3, 0.4) is 0 Å². The summed E-state index contributed by atoms with van der Waals surface area (Å²) in [4.78, 5) is 25.6. The Kier molecular flexibility index (Phi) is 7.13. The van der Waals surface area contributed by atoms with Crippen LogP contribution < -0.4 is 10.6 Å². The number of carbonyl (C=O) groups is 2. The lowest BCUT2D eigenvalue weighted by Gasteiger charge is -2.33. The van der Waals surface area contributed by atoms with Crippen LogP contribution in [0.25, 0.3) is 0 Å². The number of benzene rings is 1. The lowest BCUT2D eigenvalue weighted by atomic mass is 9.88. The van der Waals surface area contributed by atoms with E-state index in [9.17, 15) is 9.59 Å². The molecule has 0 bridgehead atoms. The normalized spacial score (nSPS) is 15.2. The SMILES string of the molecule is CC(C(=O)N(C)CC(=O)Nc1cccc(Cl)c1)C1CNC1.Cl. The van der Waals surface area contributed by atoms with Gasteiger partial charge < -0.3 is 15.5 Å². The Labute approximate surface area is 141 Å². The van der Waals surface area contributed by atoms with Gasteiger partial charge >= 0.3 is 0 Å². The van der Waals surface area contributed by atoms with E-state index in [0.717, 1.165) is 13.1 Å². The maximum Gasteiger partial charge on any atom is 0.243 e. The minimum atomic E-state index is -0.230. The summed E-state index contributed by atoms with van der Waals surface area (Å²) in [6.45, 7) is 3.69. The van der Waals surface area contributed by atoms with Crippen molar-refractivity contribution in [1.82, 2.24) is 10.2 Å². The Morgan fingerprint density at radius 1 is 1.45 bits per heavy atom. The van der Waals surface area contributed by atoms with Crippen molar-refractivity contribution in [2.75, 3.05) is 32.0 Å². The van der Waals surface area contributed by atoms with Gasteiger partial charge in [0, 0.05) is 23.7 Å². The first-order chi connectivity index (χ1) is 9.97. The van der Waals surface area contributed by atoms with Crippen LogP contribution in [0.15, 0.2) is 24.3 Å². The fourth-order valence-electron chi connectivity index (χ4n) is 2.27. The van der Waals surface area contributed by atoms with Crippen LogP contribution in [0.2, 0.25) is 5.02 Å². The lowest BCUT2D eigenvalue weighted by Crippen LogP contribution is -2.50. The first kappa shape index (κ1) is 18.7. The third-order valence-electron chi connectivity index (χ3n) is 3.78. The predicted octanol–water partition coefficient (Wildman–Crippen LogP) is 2.01. The van der Waals surface area contributed by atoms with Gasteiger partial charge in [0.15, 0.2) is 0 Å². The van der Waals surface area contributed by atoms with Crippen molar-refractivity contribution in [3.63, 3.8) is 0 Å². The summed E-state index contributed by atoms with van der Waals surface area (Å²) >= 11 is 5.86. The topological polar surface area (TPSA) is 61.4 Å². The molecule has 0 aromatic heterocycles. The molecule has 0 radical (unpaired) electrons. The van der Waals surface area contributed by atoms with Crippen LogP contribution >= 0.6 is 24.0 Å². The number of nitrogens with one attached hydrogen (secondary N) is 2. The molecule has 1 fully saturated rings. The quantitative estimate of drug-likeness (QED) is 0.858. The minimum Gasteiger partial charge on any atom is -0.336 e. The number of halogens is 2. The van der Waals surface area contributed by atoms with Crippen molar-refractivity contribution in [3.05, 3.63) is 29.3 Å². The third-order valence-corrected chi connectivity index (χ3v) is 4.01. The zero-order chi connectivity index (χ0) is 15.4. The number of likely N-dealkylation sites (N-methyl/N-ethyl adjacent to an activating group) is 1. The Balaban J connectivity index is 0.00000242. The van der Waals surface area contributed by atoms with E-state index in [4.69, 9.17) is 11.6 Å². The van der Waals surface area contributed by atoms with Gasteiger partial charge in [-0.1, -0.05) is 24.6 Å². The van der Waals surface area contributed by atoms with Gasteiger partial charge in [-0.05, 0) is 37.2 Å². The standard InChI is InChI=1S/C15H20ClN3O2.ClH/c1-10(11-7-17-8-11)15(21)19(2)9-14(20)18-13-5-3-4-12(16)6-13;/h3-6,10-11,17H,7-9H2,1-2H3,(H,18,20);1H. The van der Waals surface area contributed by atoms with E-state index in [0.29, 0.717) is 16.6 Å². The average molecular weight is 346 g/mol. The smallest absolute Gasteiger partial charge is 0.243 e. The average Bonchev–Trinajstić information content (AvgIpc) is 2.35. The minimum absolute atomic E-state index is 0. The first-order valence-corrected chi connectivity index (χ1v) is 7.36. The van der Waals surface area contributed by atoms with E-state index < -0.39 is 0 Å². The van der Waals surface area contributed by atoms with Crippen molar-refractivity contribution < 1.29 is 9.59 Å². The van der Waals surface area contributed by atoms with E-state index in [1.807, 2.05) is 6.92 Å². The maximum atomic E-state index is 12.2. The highest BCUT2D eigenvalue weighted by molar-refractivity contribution is 6.30. The van der Waals surface area contributed by atoms with Gasteiger partial charge in [-0.2, -0.15) is 0 Å². The maximum absolute atomic E-state index is 12.2. The fraction of sp³-hybridized carbons (Fsp3) is 0.467. The zero-order valence-electron chi connectivity index (χ0n) is 12.6. The van der Waals surface area contributed by atoms with Gasteiger partial charge in [0.25, 0.3) is 0 Å². The van der Waals surface area contributed by atoms with Crippen LogP contribution in [0.5, 0.6) is 0 Å². The second-order valence-electron chi connectivity index (χ2n) is 5.46. The largest absolute Gasteiger partial charge is 0.336 e. The molecule has 2 amide bonds. The summed E-state index contributed by atoms with van der Waals surface area (Å²) < 4.78 is 0. The molecule has 2 N–H and O–H groups in total. The summed E-state index contributed by atoms with van der Waals surface area (Å²) in [6, 6.07) is 6.93. The number of nitrogens with zero attached hydrogens (tertiary/aromatic N) is 1. The van der Waals surface area contributed by atoms with Crippen molar-refractivity contribution in [2.24, 2.45) is 11.8 Å². The van der Waals surface area contributed by atoms with E-state index in [-0.39, 0.29) is 36.7 Å². The lowest BCUT2D eigenvalue weighted by molar-refractivity contribution is -0.138. The van der Waals surface area contributed by atoms with Crippen LogP contribution in [0.4, 0.5) is 5.69 Å². The number of anilines is 1. The van der Waals surface area contributed by atoms with Gasteiger partial charge in [-0.25, -0.2) is 0 Å². The first-order valence-electron chi connectivity index (χ1n) is 6.98. The van der Waals surface area contributed by atoms with Gasteiger partial charge in [0.1, 0.15) is 0 Å². The molecule has 0 aliphatic carbocycles. The second kappa shape index (κ2) is 8.36. The van der Waals surface area contributed by atoms with Crippen LogP contribution in [-0.4, -0.2) is 43.4 Å². The van der Waals surface area contributed by atoms with Crippen molar-refractivity contribution in [3.8, 4) is 0 Å². The van der Waals surface area contributed by atoms with E-state index in [2.05, 4.69) is 10.6 Å². The van der Waals surface area contributed by atoms with Gasteiger partial charge in [0.05, 0.1) is 6.54 Å². The molecule has 1 heterocycles. The van der Waals surface area contributed by atoms with Crippen molar-refractivity contribution in [1.29, 1.82) is 0 Å². The summed E-state index contributed by atoms with van der Waals surface area (Å²) in [5, 5.41) is 6.45. The molecule has 1 atom stereocenters. The molecule has 0 spiro atoms. The van der Waals surface area contributed by atoms with E-state index in [1.165, 1.54) is 4.90 Å². The summed E-state index contributed by atoms with van der Waals surface area (Å²) in [6.07, 6.45) is 0. The molecule has 1 unspecified atom stereocenters. The Bertz CT molecular complexity index is 535. The molecule has 1 aromatic carbocycles. The number of amides is 2. The summed E-state index contributed by atoms with van der Waals surface area (Å²) in [5.74, 6) is 0.0842. The van der Waals surface area contributed by atoms with Gasteiger partial charge in [-0.15, -0.1) is 12.4 Å². The number of rotatable bonds is 5. The highest BCUT2D eigenvalue weighted by Crippen LogP contribution is 2.18. The molecule has 22 heavy (non-hydrogen) atoms.